The molecule has 0 bridgehead atoms. The molecule has 0 saturated heterocycles. The highest BCUT2D eigenvalue weighted by molar-refractivity contribution is 6.32. The molecule has 8 nitrogen and oxygen atoms in total. The Morgan fingerprint density at radius 1 is 1.00 bits per heavy atom. The molecule has 1 aromatic heterocycles. The highest BCUT2D eigenvalue weighted by Crippen LogP contribution is 2.23. The number of hydrogen-bond acceptors (Lipinski definition) is 8. The number of aliphatic imine (C=N–C) groups is 1. The maximum Gasteiger partial charge on any atom is 0.144 e. The van der Waals surface area contributed by atoms with Gasteiger partial charge in [-0.15, -0.1) is 0 Å². The highest BCUT2D eigenvalue weighted by Gasteiger charge is 2.03. The predicted molar refractivity (Wildman–Crippen MR) is 115 cm³/mol. The third kappa shape index (κ3) is 5.65. The van der Waals surface area contributed by atoms with Gasteiger partial charge in [-0.1, -0.05) is 18.2 Å². The molecule has 0 aliphatic rings. The second kappa shape index (κ2) is 10.0. The number of pyridine rings is 1. The van der Waals surface area contributed by atoms with Crippen LogP contribution in [0.5, 0.6) is 11.5 Å². The van der Waals surface area contributed by atoms with Crippen molar-refractivity contribution in [3.05, 3.63) is 78.1 Å². The lowest BCUT2D eigenvalue weighted by molar-refractivity contribution is 0.483. The smallest absolute Gasteiger partial charge is 0.144 e. The number of nitriles is 2. The average Bonchev–Trinajstić information content (AvgIpc) is 2.80. The third-order valence-corrected chi connectivity index (χ3v) is 3.87. The van der Waals surface area contributed by atoms with Crippen LogP contribution in [-0.2, 0) is 0 Å². The molecule has 0 spiro atoms. The summed E-state index contributed by atoms with van der Waals surface area (Å²) in [4.78, 5) is 8.23. The zero-order valence-corrected chi connectivity index (χ0v) is 15.9. The van der Waals surface area contributed by atoms with Crippen LogP contribution >= 0.6 is 0 Å². The fourth-order valence-electron chi connectivity index (χ4n) is 2.44. The normalized spacial score (nSPS) is 10.9. The summed E-state index contributed by atoms with van der Waals surface area (Å²) in [6.07, 6.45) is 1.54. The van der Waals surface area contributed by atoms with Crippen molar-refractivity contribution in [1.82, 2.24) is 4.98 Å². The van der Waals surface area contributed by atoms with Crippen LogP contribution < -0.4 is 15.9 Å². The molecule has 8 heteroatoms. The molecule has 3 aromatic rings. The van der Waals surface area contributed by atoms with E-state index in [0.717, 1.165) is 5.75 Å². The first kappa shape index (κ1) is 20.1. The fourth-order valence-corrected chi connectivity index (χ4v) is 2.44. The molecular weight excluding hydrogens is 378 g/mol. The van der Waals surface area contributed by atoms with Gasteiger partial charge in [-0.25, -0.2) is 4.98 Å². The van der Waals surface area contributed by atoms with Crippen molar-refractivity contribution in [3.8, 4) is 23.6 Å². The Morgan fingerprint density at radius 2 is 1.63 bits per heavy atom. The van der Waals surface area contributed by atoms with Crippen LogP contribution in [0, 0.1) is 22.7 Å². The van der Waals surface area contributed by atoms with Crippen molar-refractivity contribution in [2.24, 2.45) is 15.9 Å². The highest BCUT2D eigenvalue weighted by atomic mass is 16.5. The maximum absolute atomic E-state index is 8.99. The van der Waals surface area contributed by atoms with E-state index < -0.39 is 0 Å². The van der Waals surface area contributed by atoms with Crippen LogP contribution in [-0.4, -0.2) is 23.5 Å². The second-order valence-corrected chi connectivity index (χ2v) is 5.99. The summed E-state index contributed by atoms with van der Waals surface area (Å²) in [5, 5.41) is 24.8. The van der Waals surface area contributed by atoms with E-state index in [9.17, 15) is 0 Å². The van der Waals surface area contributed by atoms with E-state index in [4.69, 9.17) is 21.1 Å². The van der Waals surface area contributed by atoms with E-state index in [1.54, 1.807) is 0 Å². The van der Waals surface area contributed by atoms with E-state index in [1.165, 1.54) is 18.3 Å². The van der Waals surface area contributed by atoms with Gasteiger partial charge in [-0.2, -0.15) is 15.6 Å². The molecule has 0 aliphatic heterocycles. The number of benzene rings is 2. The number of para-hydroxylation sites is 1. The lowest BCUT2D eigenvalue weighted by Crippen LogP contribution is -2.17. The first-order chi connectivity index (χ1) is 14.7. The Kier molecular flexibility index (Phi) is 6.70. The summed E-state index contributed by atoms with van der Waals surface area (Å²) in [6.45, 7) is 0.259. The van der Waals surface area contributed by atoms with Crippen molar-refractivity contribution in [2.45, 2.75) is 0 Å². The van der Waals surface area contributed by atoms with Gasteiger partial charge < -0.3 is 15.9 Å². The van der Waals surface area contributed by atoms with E-state index in [2.05, 4.69) is 20.4 Å². The number of nitrogens with two attached hydrogens (primary N) is 1. The van der Waals surface area contributed by atoms with Crippen LogP contribution in [0.4, 0.5) is 11.4 Å². The number of aromatic nitrogens is 1. The molecular formula is C22H17N7O. The van der Waals surface area contributed by atoms with Crippen molar-refractivity contribution >= 4 is 23.3 Å². The van der Waals surface area contributed by atoms with Gasteiger partial charge in [0.2, 0.25) is 0 Å². The second-order valence-electron chi connectivity index (χ2n) is 5.99. The molecule has 2 aromatic carbocycles. The summed E-state index contributed by atoms with van der Waals surface area (Å²) in [5.41, 5.74) is 2.05. The lowest BCUT2D eigenvalue weighted by atomic mass is 10.2. The topological polar surface area (TPSA) is 132 Å². The van der Waals surface area contributed by atoms with Gasteiger partial charge >= 0.3 is 0 Å². The molecule has 0 radical (unpaired) electrons. The number of anilines is 1. The molecule has 0 saturated carbocycles. The van der Waals surface area contributed by atoms with Crippen LogP contribution in [0.3, 0.4) is 0 Å². The maximum atomic E-state index is 8.99. The third-order valence-electron chi connectivity index (χ3n) is 3.87. The molecule has 0 atom stereocenters. The van der Waals surface area contributed by atoms with E-state index >= 15 is 0 Å². The molecule has 30 heavy (non-hydrogen) atoms. The number of nitrogens with one attached hydrogen (secondary N) is 1. The lowest BCUT2D eigenvalue weighted by Gasteiger charge is -2.07. The fraction of sp³-hybridized carbons (Fsp3) is 0.0455. The molecule has 3 rings (SSSR count). The van der Waals surface area contributed by atoms with E-state index in [0.29, 0.717) is 22.8 Å². The molecule has 0 fully saturated rings. The Labute approximate surface area is 173 Å². The van der Waals surface area contributed by atoms with Gasteiger partial charge in [-0.05, 0) is 48.5 Å². The molecule has 1 heterocycles. The van der Waals surface area contributed by atoms with E-state index in [-0.39, 0.29) is 17.9 Å². The van der Waals surface area contributed by atoms with Crippen molar-refractivity contribution in [2.75, 3.05) is 11.9 Å². The number of nitrogens with zero attached hydrogens (tertiary/aromatic N) is 5. The minimum absolute atomic E-state index is 0.147. The molecule has 0 unspecified atom stereocenters. The van der Waals surface area contributed by atoms with Gasteiger partial charge in [0.1, 0.15) is 35.0 Å². The largest absolute Gasteiger partial charge is 0.457 e. The quantitative estimate of drug-likeness (QED) is 0.356. The Bertz CT molecular complexity index is 1110. The number of hydrogen-bond donors (Lipinski definition) is 2. The molecule has 0 aliphatic carbocycles. The summed E-state index contributed by atoms with van der Waals surface area (Å²) in [5.74, 6) is 6.90. The van der Waals surface area contributed by atoms with Crippen LogP contribution in [0.15, 0.2) is 76.8 Å². The SMILES string of the molecule is N#Cc1cc(NCC(C=Nc2ccc(Oc3ccccc3)cc2)=NN)cc(C#N)n1. The van der Waals surface area contributed by atoms with E-state index in [1.807, 2.05) is 66.7 Å². The van der Waals surface area contributed by atoms with Gasteiger partial charge in [0.05, 0.1) is 24.2 Å². The zero-order chi connectivity index (χ0) is 21.2. The van der Waals surface area contributed by atoms with Gasteiger partial charge in [0.25, 0.3) is 0 Å². The number of rotatable bonds is 7. The summed E-state index contributed by atoms with van der Waals surface area (Å²) < 4.78 is 5.75. The molecule has 3 N–H and O–H groups in total. The van der Waals surface area contributed by atoms with Crippen LogP contribution in [0.1, 0.15) is 11.4 Å². The summed E-state index contributed by atoms with van der Waals surface area (Å²) in [7, 11) is 0. The average molecular weight is 395 g/mol. The first-order valence-corrected chi connectivity index (χ1v) is 8.90. The van der Waals surface area contributed by atoms with Crippen molar-refractivity contribution in [1.29, 1.82) is 10.5 Å². The Balaban J connectivity index is 1.61. The number of ether oxygens (including phenoxy) is 1. The first-order valence-electron chi connectivity index (χ1n) is 8.90. The predicted octanol–water partition coefficient (Wildman–Crippen LogP) is 3.75. The minimum atomic E-state index is 0.147. The summed E-state index contributed by atoms with van der Waals surface area (Å²) in [6, 6.07) is 23.7. The van der Waals surface area contributed by atoms with Gasteiger partial charge in [0.15, 0.2) is 0 Å². The zero-order valence-electron chi connectivity index (χ0n) is 15.9. The standard InChI is InChI=1S/C22H17N7O/c23-12-18-10-17(11-19(13-24)28-18)27-15-20(29-25)14-26-16-6-8-22(9-7-16)30-21-4-2-1-3-5-21/h1-11,14H,15,25H2,(H,27,28). The monoisotopic (exact) mass is 395 g/mol. The molecule has 0 amide bonds. The van der Waals surface area contributed by atoms with Gasteiger partial charge in [-0.3, -0.25) is 4.99 Å². The summed E-state index contributed by atoms with van der Waals surface area (Å²) >= 11 is 0. The Morgan fingerprint density at radius 3 is 2.23 bits per heavy atom. The molecule has 146 valence electrons. The van der Waals surface area contributed by atoms with Crippen molar-refractivity contribution < 1.29 is 4.74 Å². The van der Waals surface area contributed by atoms with Crippen molar-refractivity contribution in [3.63, 3.8) is 0 Å². The number of hydrazone groups is 1. The van der Waals surface area contributed by atoms with Crippen LogP contribution in [0.25, 0.3) is 0 Å². The van der Waals surface area contributed by atoms with Gasteiger partial charge in [0, 0.05) is 5.69 Å². The Hall–Kier alpha value is -4.69. The minimum Gasteiger partial charge on any atom is -0.457 e. The van der Waals surface area contributed by atoms with Crippen LogP contribution in [0.2, 0.25) is 0 Å².